The minimum Gasteiger partial charge on any atom is -0.386 e. The van der Waals surface area contributed by atoms with Crippen LogP contribution in [0.4, 0.5) is 0 Å². The number of nitrogens with one attached hydrogen (secondary N) is 3. The van der Waals surface area contributed by atoms with Crippen LogP contribution >= 0.6 is 0 Å². The molecule has 0 aromatic carbocycles. The number of amidine groups is 1. The third-order valence-electron chi connectivity index (χ3n) is 2.31. The molecule has 0 amide bonds. The number of rotatable bonds is 8. The van der Waals surface area contributed by atoms with Crippen LogP contribution in [0.25, 0.3) is 0 Å². The van der Waals surface area contributed by atoms with E-state index in [9.17, 15) is 8.42 Å². The largest absolute Gasteiger partial charge is 0.386 e. The van der Waals surface area contributed by atoms with Crippen LogP contribution in [0, 0.1) is 11.3 Å². The highest BCUT2D eigenvalue weighted by Crippen LogP contribution is 2.32. The molecule has 1 unspecified atom stereocenters. The Kier molecular flexibility index (Phi) is 4.66. The molecule has 1 fully saturated rings. The Hall–Kier alpha value is -0.700. The van der Waals surface area contributed by atoms with Gasteiger partial charge in [-0.05, 0) is 18.8 Å². The molecule has 0 spiro atoms. The molecule has 0 aromatic rings. The predicted octanol–water partition coefficient (Wildman–Crippen LogP) is -1.23. The van der Waals surface area contributed by atoms with E-state index < -0.39 is 16.3 Å². The van der Waals surface area contributed by atoms with Crippen molar-refractivity contribution < 1.29 is 13.2 Å². The third-order valence-corrected chi connectivity index (χ3v) is 3.46. The zero-order chi connectivity index (χ0) is 12.2. The number of hydrogen-bond donors (Lipinski definition) is 4. The molecule has 0 saturated heterocycles. The van der Waals surface area contributed by atoms with Crippen LogP contribution in [0.1, 0.15) is 12.8 Å². The van der Waals surface area contributed by atoms with E-state index in [1.54, 1.807) is 0 Å². The van der Waals surface area contributed by atoms with E-state index in [0.717, 1.165) is 12.8 Å². The summed E-state index contributed by atoms with van der Waals surface area (Å²) in [4.78, 5) is 0. The zero-order valence-electron chi connectivity index (χ0n) is 9.19. The first-order valence-electron chi connectivity index (χ1n) is 5.06. The Balaban J connectivity index is 2.46. The molecule has 1 rings (SSSR count). The van der Waals surface area contributed by atoms with Gasteiger partial charge in [0.05, 0.1) is 12.6 Å². The normalized spacial score (nSPS) is 18.3. The van der Waals surface area contributed by atoms with Crippen molar-refractivity contribution in [3.63, 3.8) is 0 Å². The third kappa shape index (κ3) is 4.44. The van der Waals surface area contributed by atoms with Crippen molar-refractivity contribution in [2.45, 2.75) is 18.9 Å². The summed E-state index contributed by atoms with van der Waals surface area (Å²) in [6.45, 7) is 0.496. The maximum atomic E-state index is 11.5. The van der Waals surface area contributed by atoms with E-state index in [4.69, 9.17) is 15.9 Å². The number of nitrogens with two attached hydrogens (primary N) is 1. The Morgan fingerprint density at radius 1 is 1.62 bits per heavy atom. The first-order valence-corrected chi connectivity index (χ1v) is 6.54. The van der Waals surface area contributed by atoms with Gasteiger partial charge in [0, 0.05) is 13.7 Å². The molecule has 0 heterocycles. The molecule has 7 nitrogen and oxygen atoms in total. The van der Waals surface area contributed by atoms with Gasteiger partial charge in [-0.1, -0.05) is 0 Å². The fourth-order valence-corrected chi connectivity index (χ4v) is 2.42. The summed E-state index contributed by atoms with van der Waals surface area (Å²) in [7, 11) is -2.11. The summed E-state index contributed by atoms with van der Waals surface area (Å²) in [5.74, 6) is 0.0242. The quantitative estimate of drug-likeness (QED) is 0.245. The van der Waals surface area contributed by atoms with Crippen LogP contribution < -0.4 is 15.2 Å². The van der Waals surface area contributed by atoms with Crippen molar-refractivity contribution in [1.29, 1.82) is 5.41 Å². The lowest BCUT2D eigenvalue weighted by molar-refractivity contribution is 0.204. The Labute approximate surface area is 95.4 Å². The molecule has 5 N–H and O–H groups in total. The second-order valence-electron chi connectivity index (χ2n) is 3.78. The minimum absolute atomic E-state index is 0.139. The SMILES string of the molecule is COCCNS(=O)(=O)NC(C(=N)N)C1CC1. The van der Waals surface area contributed by atoms with E-state index in [-0.39, 0.29) is 18.3 Å². The lowest BCUT2D eigenvalue weighted by Crippen LogP contribution is -2.50. The fraction of sp³-hybridized carbons (Fsp3) is 0.875. The summed E-state index contributed by atoms with van der Waals surface area (Å²) in [6.07, 6.45) is 1.82. The average Bonchev–Trinajstić information content (AvgIpc) is 2.97. The van der Waals surface area contributed by atoms with Gasteiger partial charge in [-0.3, -0.25) is 5.41 Å². The van der Waals surface area contributed by atoms with Gasteiger partial charge in [0.2, 0.25) is 0 Å². The van der Waals surface area contributed by atoms with Gasteiger partial charge in [0.25, 0.3) is 10.2 Å². The summed E-state index contributed by atoms with van der Waals surface area (Å²) in [5.41, 5.74) is 5.34. The lowest BCUT2D eigenvalue weighted by Gasteiger charge is -2.16. The van der Waals surface area contributed by atoms with E-state index >= 15 is 0 Å². The van der Waals surface area contributed by atoms with Crippen molar-refractivity contribution in [3.8, 4) is 0 Å². The number of hydrogen-bond acceptors (Lipinski definition) is 4. The Bertz CT molecular complexity index is 339. The van der Waals surface area contributed by atoms with Crippen molar-refractivity contribution in [1.82, 2.24) is 9.44 Å². The molecular weight excluding hydrogens is 232 g/mol. The zero-order valence-corrected chi connectivity index (χ0v) is 10.0. The highest BCUT2D eigenvalue weighted by Gasteiger charge is 2.35. The summed E-state index contributed by atoms with van der Waals surface area (Å²) in [6, 6.07) is -0.583. The maximum Gasteiger partial charge on any atom is 0.277 e. The number of ether oxygens (including phenoxy) is 1. The van der Waals surface area contributed by atoms with Gasteiger partial charge in [-0.25, -0.2) is 0 Å². The molecule has 0 radical (unpaired) electrons. The van der Waals surface area contributed by atoms with Crippen LogP contribution in [-0.4, -0.2) is 40.6 Å². The fourth-order valence-electron chi connectivity index (χ4n) is 1.33. The van der Waals surface area contributed by atoms with Crippen molar-refractivity contribution in [3.05, 3.63) is 0 Å². The topological polar surface area (TPSA) is 117 Å². The van der Waals surface area contributed by atoms with Crippen LogP contribution in [0.2, 0.25) is 0 Å². The first kappa shape index (κ1) is 13.4. The van der Waals surface area contributed by atoms with E-state index in [1.807, 2.05) is 0 Å². The summed E-state index contributed by atoms with van der Waals surface area (Å²) in [5, 5.41) is 7.31. The second-order valence-corrected chi connectivity index (χ2v) is 5.31. The monoisotopic (exact) mass is 250 g/mol. The highest BCUT2D eigenvalue weighted by molar-refractivity contribution is 7.87. The van der Waals surface area contributed by atoms with Gasteiger partial charge in [0.15, 0.2) is 0 Å². The van der Waals surface area contributed by atoms with E-state index in [2.05, 4.69) is 9.44 Å². The molecule has 0 aromatic heterocycles. The molecular formula is C8H18N4O3S. The smallest absolute Gasteiger partial charge is 0.277 e. The molecule has 94 valence electrons. The summed E-state index contributed by atoms with van der Waals surface area (Å²) < 4.78 is 32.5. The maximum absolute atomic E-state index is 11.5. The molecule has 0 aliphatic heterocycles. The van der Waals surface area contributed by atoms with E-state index in [0.29, 0.717) is 6.61 Å². The molecule has 1 aliphatic rings. The van der Waals surface area contributed by atoms with Crippen molar-refractivity contribution in [2.75, 3.05) is 20.3 Å². The molecule has 0 bridgehead atoms. The van der Waals surface area contributed by atoms with Gasteiger partial charge < -0.3 is 10.5 Å². The summed E-state index contributed by atoms with van der Waals surface area (Å²) >= 11 is 0. The van der Waals surface area contributed by atoms with Crippen molar-refractivity contribution >= 4 is 16.0 Å². The molecule has 1 aliphatic carbocycles. The lowest BCUT2D eigenvalue weighted by atomic mass is 10.2. The number of methoxy groups -OCH3 is 1. The Morgan fingerprint density at radius 3 is 2.69 bits per heavy atom. The molecule has 8 heteroatoms. The highest BCUT2D eigenvalue weighted by atomic mass is 32.2. The molecule has 1 atom stereocenters. The molecule has 1 saturated carbocycles. The van der Waals surface area contributed by atoms with Gasteiger partial charge in [0.1, 0.15) is 5.84 Å². The van der Waals surface area contributed by atoms with Gasteiger partial charge in [-0.15, -0.1) is 0 Å². The average molecular weight is 250 g/mol. The minimum atomic E-state index is -3.60. The standard InChI is InChI=1S/C8H18N4O3S/c1-15-5-4-11-16(13,14)12-7(8(9)10)6-2-3-6/h6-7,11-12H,2-5H2,1H3,(H3,9,10). The second kappa shape index (κ2) is 5.58. The van der Waals surface area contributed by atoms with E-state index in [1.165, 1.54) is 7.11 Å². The van der Waals surface area contributed by atoms with Gasteiger partial charge in [-0.2, -0.15) is 17.9 Å². The van der Waals surface area contributed by atoms with Gasteiger partial charge >= 0.3 is 0 Å². The van der Waals surface area contributed by atoms with Crippen LogP contribution in [-0.2, 0) is 14.9 Å². The van der Waals surface area contributed by atoms with Crippen LogP contribution in [0.15, 0.2) is 0 Å². The first-order chi connectivity index (χ1) is 7.46. The molecule has 16 heavy (non-hydrogen) atoms. The van der Waals surface area contributed by atoms with Crippen molar-refractivity contribution in [2.24, 2.45) is 11.7 Å². The van der Waals surface area contributed by atoms with Crippen LogP contribution in [0.3, 0.4) is 0 Å². The predicted molar refractivity (Wildman–Crippen MR) is 60.4 cm³/mol. The van der Waals surface area contributed by atoms with Crippen LogP contribution in [0.5, 0.6) is 0 Å². The Morgan fingerprint density at radius 2 is 2.25 bits per heavy atom.